The second kappa shape index (κ2) is 5.44. The summed E-state index contributed by atoms with van der Waals surface area (Å²) in [6.07, 6.45) is 0. The largest absolute Gasteiger partial charge is 0.454 e. The van der Waals surface area contributed by atoms with Gasteiger partial charge in [-0.05, 0) is 24.3 Å². The van der Waals surface area contributed by atoms with Crippen LogP contribution in [0.2, 0.25) is 0 Å². The van der Waals surface area contributed by atoms with Gasteiger partial charge < -0.3 is 8.98 Å². The molecule has 4 rings (SSSR count). The van der Waals surface area contributed by atoms with Crippen molar-refractivity contribution < 1.29 is 4.42 Å². The Morgan fingerprint density at radius 2 is 1.96 bits per heavy atom. The first-order chi connectivity index (χ1) is 11.2. The molecule has 2 heterocycles. The van der Waals surface area contributed by atoms with E-state index in [4.69, 9.17) is 4.42 Å². The lowest BCUT2D eigenvalue weighted by Gasteiger charge is -2.00. The molecule has 0 fully saturated rings. The Hall–Kier alpha value is -2.79. The van der Waals surface area contributed by atoms with Crippen LogP contribution in [-0.4, -0.2) is 4.57 Å². The van der Waals surface area contributed by atoms with Crippen molar-refractivity contribution in [1.82, 2.24) is 9.99 Å². The van der Waals surface area contributed by atoms with Crippen molar-refractivity contribution >= 4 is 38.2 Å². The van der Waals surface area contributed by atoms with Gasteiger partial charge in [-0.15, -0.1) is 5.10 Å². The van der Waals surface area contributed by atoms with Crippen LogP contribution >= 0.6 is 11.3 Å². The number of aromatic nitrogens is 1. The van der Waals surface area contributed by atoms with E-state index in [-0.39, 0.29) is 0 Å². The summed E-state index contributed by atoms with van der Waals surface area (Å²) in [5, 5.41) is 5.51. The zero-order valence-corrected chi connectivity index (χ0v) is 13.4. The summed E-state index contributed by atoms with van der Waals surface area (Å²) in [6.45, 7) is 4.02. The molecule has 23 heavy (non-hydrogen) atoms. The molecule has 0 spiro atoms. The third kappa shape index (κ3) is 2.45. The highest BCUT2D eigenvalue weighted by molar-refractivity contribution is 7.16. The lowest BCUT2D eigenvalue weighted by Crippen LogP contribution is -2.16. The van der Waals surface area contributed by atoms with Gasteiger partial charge in [-0.1, -0.05) is 48.2 Å². The maximum Gasteiger partial charge on any atom is 0.208 e. The summed E-state index contributed by atoms with van der Waals surface area (Å²) >= 11 is 1.63. The number of para-hydroxylation sites is 2. The van der Waals surface area contributed by atoms with Crippen LogP contribution < -0.4 is 10.2 Å². The quantitative estimate of drug-likeness (QED) is 0.578. The van der Waals surface area contributed by atoms with Gasteiger partial charge in [-0.25, -0.2) is 0 Å². The zero-order valence-electron chi connectivity index (χ0n) is 12.6. The summed E-state index contributed by atoms with van der Waals surface area (Å²) < 4.78 is 9.04. The van der Waals surface area contributed by atoms with Crippen LogP contribution in [0.3, 0.4) is 0 Å². The smallest absolute Gasteiger partial charge is 0.208 e. The van der Waals surface area contributed by atoms with Crippen LogP contribution in [0.15, 0.2) is 70.7 Å². The molecular weight excluding hydrogens is 306 g/mol. The number of fused-ring (bicyclic) bond motifs is 2. The predicted molar refractivity (Wildman–Crippen MR) is 94.7 cm³/mol. The van der Waals surface area contributed by atoms with Gasteiger partial charge >= 0.3 is 0 Å². The van der Waals surface area contributed by atoms with Gasteiger partial charge in [0.1, 0.15) is 5.58 Å². The number of nitrogens with zero attached hydrogens (tertiary/aromatic N) is 2. The molecule has 0 aliphatic heterocycles. The predicted octanol–water partition coefficient (Wildman–Crippen LogP) is 4.06. The Balaban J connectivity index is 1.66. The molecular formula is C18H15N3OS. The third-order valence-electron chi connectivity index (χ3n) is 3.72. The first-order valence-corrected chi connectivity index (χ1v) is 8.06. The summed E-state index contributed by atoms with van der Waals surface area (Å²) in [7, 11) is 2.00. The Morgan fingerprint density at radius 1 is 1.17 bits per heavy atom. The standard InChI is InChI=1S/C18H15N3OS/c1-12(16-11-13-7-3-5-9-15(13)22-16)19-20-18-21(2)14-8-4-6-10-17(14)23-18/h3-11,19H,1H2,2H3. The van der Waals surface area contributed by atoms with Crippen LogP contribution in [0.25, 0.3) is 26.9 Å². The summed E-state index contributed by atoms with van der Waals surface area (Å²) in [4.78, 5) is 0.878. The monoisotopic (exact) mass is 321 g/mol. The number of thiazole rings is 1. The lowest BCUT2D eigenvalue weighted by molar-refractivity contribution is 0.592. The van der Waals surface area contributed by atoms with Crippen molar-refractivity contribution in [3.8, 4) is 0 Å². The Labute approximate surface area is 137 Å². The maximum atomic E-state index is 5.78. The molecule has 0 aliphatic rings. The number of hydrogen-bond acceptors (Lipinski definition) is 4. The number of hydrogen-bond donors (Lipinski definition) is 1. The second-order valence-electron chi connectivity index (χ2n) is 5.26. The summed E-state index contributed by atoms with van der Waals surface area (Å²) in [5.74, 6) is 0.693. The Bertz CT molecular complexity index is 1050. The zero-order chi connectivity index (χ0) is 15.8. The van der Waals surface area contributed by atoms with E-state index in [0.717, 1.165) is 21.3 Å². The number of rotatable bonds is 3. The molecule has 0 atom stereocenters. The van der Waals surface area contributed by atoms with E-state index >= 15 is 0 Å². The van der Waals surface area contributed by atoms with Crippen LogP contribution in [0.5, 0.6) is 0 Å². The van der Waals surface area contributed by atoms with Gasteiger partial charge in [0.05, 0.1) is 15.9 Å². The average Bonchev–Trinajstić information content (AvgIpc) is 3.15. The molecule has 0 aliphatic carbocycles. The molecule has 0 saturated heterocycles. The van der Waals surface area contributed by atoms with Crippen molar-refractivity contribution in [2.45, 2.75) is 0 Å². The molecule has 4 nitrogen and oxygen atoms in total. The highest BCUT2D eigenvalue weighted by atomic mass is 32.1. The van der Waals surface area contributed by atoms with E-state index in [1.54, 1.807) is 11.3 Å². The molecule has 114 valence electrons. The molecule has 2 aromatic heterocycles. The minimum absolute atomic E-state index is 0.638. The van der Waals surface area contributed by atoms with Crippen LogP contribution in [-0.2, 0) is 7.05 Å². The van der Waals surface area contributed by atoms with E-state index in [2.05, 4.69) is 33.8 Å². The highest BCUT2D eigenvalue weighted by Gasteiger charge is 2.06. The first kappa shape index (κ1) is 13.8. The van der Waals surface area contributed by atoms with E-state index in [1.165, 1.54) is 4.70 Å². The number of benzene rings is 2. The second-order valence-corrected chi connectivity index (χ2v) is 6.27. The van der Waals surface area contributed by atoms with Gasteiger partial charge in [0.15, 0.2) is 5.76 Å². The number of nitrogens with one attached hydrogen (secondary N) is 1. The van der Waals surface area contributed by atoms with Gasteiger partial charge in [0.2, 0.25) is 4.80 Å². The normalized spacial score (nSPS) is 12.1. The van der Waals surface area contributed by atoms with Gasteiger partial charge in [0, 0.05) is 12.4 Å². The Morgan fingerprint density at radius 3 is 2.78 bits per heavy atom. The SMILES string of the molecule is C=C(NN=c1sc2ccccc2n1C)c1cc2ccccc2o1. The van der Waals surface area contributed by atoms with E-state index in [1.807, 2.05) is 49.5 Å². The van der Waals surface area contributed by atoms with E-state index < -0.39 is 0 Å². The molecule has 0 unspecified atom stereocenters. The van der Waals surface area contributed by atoms with Gasteiger partial charge in [-0.3, -0.25) is 5.43 Å². The number of furan rings is 1. The molecule has 5 heteroatoms. The molecule has 0 radical (unpaired) electrons. The molecule has 0 saturated carbocycles. The summed E-state index contributed by atoms with van der Waals surface area (Å²) in [5.41, 5.74) is 5.65. The van der Waals surface area contributed by atoms with Crippen molar-refractivity contribution in [3.63, 3.8) is 0 Å². The average molecular weight is 321 g/mol. The fraction of sp³-hybridized carbons (Fsp3) is 0.0556. The molecule has 0 amide bonds. The maximum absolute atomic E-state index is 5.78. The van der Waals surface area contributed by atoms with Gasteiger partial charge in [-0.2, -0.15) is 0 Å². The highest BCUT2D eigenvalue weighted by Crippen LogP contribution is 2.22. The molecule has 0 bridgehead atoms. The van der Waals surface area contributed by atoms with Crippen LogP contribution in [0.1, 0.15) is 5.76 Å². The number of aryl methyl sites for hydroxylation is 1. The van der Waals surface area contributed by atoms with Crippen molar-refractivity contribution in [2.75, 3.05) is 0 Å². The minimum Gasteiger partial charge on any atom is -0.454 e. The molecule has 4 aromatic rings. The molecule has 2 aromatic carbocycles. The molecule has 1 N–H and O–H groups in total. The van der Waals surface area contributed by atoms with Crippen LogP contribution in [0.4, 0.5) is 0 Å². The fourth-order valence-corrected chi connectivity index (χ4v) is 3.47. The van der Waals surface area contributed by atoms with E-state index in [9.17, 15) is 0 Å². The first-order valence-electron chi connectivity index (χ1n) is 7.24. The van der Waals surface area contributed by atoms with E-state index in [0.29, 0.717) is 11.5 Å². The minimum atomic E-state index is 0.638. The fourth-order valence-electron chi connectivity index (χ4n) is 2.49. The van der Waals surface area contributed by atoms with Crippen LogP contribution in [0, 0.1) is 0 Å². The topological polar surface area (TPSA) is 42.5 Å². The van der Waals surface area contributed by atoms with Crippen molar-refractivity contribution in [1.29, 1.82) is 0 Å². The van der Waals surface area contributed by atoms with Crippen molar-refractivity contribution in [2.24, 2.45) is 12.1 Å². The summed E-state index contributed by atoms with van der Waals surface area (Å²) in [6, 6.07) is 18.1. The lowest BCUT2D eigenvalue weighted by atomic mass is 10.2. The Kier molecular flexibility index (Phi) is 3.28. The van der Waals surface area contributed by atoms with Crippen molar-refractivity contribution in [3.05, 3.63) is 71.7 Å². The van der Waals surface area contributed by atoms with Gasteiger partial charge in [0.25, 0.3) is 0 Å². The third-order valence-corrected chi connectivity index (χ3v) is 4.84.